The highest BCUT2D eigenvalue weighted by Crippen LogP contribution is 2.36. The van der Waals surface area contributed by atoms with E-state index in [9.17, 15) is 0 Å². The second-order valence-electron chi connectivity index (χ2n) is 4.55. The van der Waals surface area contributed by atoms with E-state index in [4.69, 9.17) is 14.2 Å². The number of ether oxygens (including phenoxy) is 3. The Balaban J connectivity index is 1.74. The maximum atomic E-state index is 5.61. The van der Waals surface area contributed by atoms with Crippen molar-refractivity contribution in [3.63, 3.8) is 0 Å². The third kappa shape index (κ3) is 3.47. The molecular weight excluding hydrogens is 352 g/mol. The van der Waals surface area contributed by atoms with Gasteiger partial charge in [0.15, 0.2) is 11.5 Å². The molecule has 0 aromatic heterocycles. The van der Waals surface area contributed by atoms with Gasteiger partial charge in [0.05, 0.1) is 7.11 Å². The van der Waals surface area contributed by atoms with Crippen LogP contribution in [0.5, 0.6) is 17.2 Å². The van der Waals surface area contributed by atoms with Crippen LogP contribution in [0.2, 0.25) is 0 Å². The predicted octanol–water partition coefficient (Wildman–Crippen LogP) is 4.52. The van der Waals surface area contributed by atoms with Crippen molar-refractivity contribution in [1.82, 2.24) is 0 Å². The van der Waals surface area contributed by atoms with Gasteiger partial charge in [0.25, 0.3) is 0 Å². The first kappa shape index (κ1) is 14.6. The van der Waals surface area contributed by atoms with Crippen molar-refractivity contribution in [2.75, 3.05) is 20.3 Å². The second-order valence-corrected chi connectivity index (χ2v) is 6.51. The number of methoxy groups -OCH3 is 1. The molecular formula is C16H15BrO3S. The van der Waals surface area contributed by atoms with Crippen molar-refractivity contribution in [2.24, 2.45) is 0 Å². The van der Waals surface area contributed by atoms with Gasteiger partial charge < -0.3 is 14.2 Å². The topological polar surface area (TPSA) is 27.7 Å². The molecule has 5 heteroatoms. The molecule has 110 valence electrons. The number of benzene rings is 2. The molecule has 0 unspecified atom stereocenters. The Kier molecular flexibility index (Phi) is 4.60. The van der Waals surface area contributed by atoms with Crippen LogP contribution in [0.4, 0.5) is 0 Å². The number of hydrogen-bond donors (Lipinski definition) is 0. The average molecular weight is 367 g/mol. The first-order valence-corrected chi connectivity index (χ1v) is 8.39. The highest BCUT2D eigenvalue weighted by molar-refractivity contribution is 9.10. The molecule has 0 aliphatic carbocycles. The van der Waals surface area contributed by atoms with Crippen molar-refractivity contribution in [3.05, 3.63) is 46.4 Å². The minimum absolute atomic E-state index is 0.612. The molecule has 0 bridgehead atoms. The van der Waals surface area contributed by atoms with Gasteiger partial charge in [-0.15, -0.1) is 11.8 Å². The largest absolute Gasteiger partial charge is 0.496 e. The van der Waals surface area contributed by atoms with E-state index in [1.54, 1.807) is 18.9 Å². The van der Waals surface area contributed by atoms with Crippen molar-refractivity contribution < 1.29 is 14.2 Å². The van der Waals surface area contributed by atoms with E-state index in [1.807, 2.05) is 24.3 Å². The van der Waals surface area contributed by atoms with E-state index in [0.717, 1.165) is 37.9 Å². The molecule has 1 aliphatic heterocycles. The van der Waals surface area contributed by atoms with Gasteiger partial charge in [-0.05, 0) is 36.4 Å². The lowest BCUT2D eigenvalue weighted by Gasteiger charge is -2.18. The molecule has 0 radical (unpaired) electrons. The summed E-state index contributed by atoms with van der Waals surface area (Å²) >= 11 is 5.25. The Morgan fingerprint density at radius 3 is 2.71 bits per heavy atom. The monoisotopic (exact) mass is 366 g/mol. The molecule has 0 amide bonds. The molecule has 0 fully saturated rings. The summed E-state index contributed by atoms with van der Waals surface area (Å²) in [7, 11) is 1.70. The Hall–Kier alpha value is -1.33. The number of fused-ring (bicyclic) bond motifs is 1. The van der Waals surface area contributed by atoms with Crippen LogP contribution < -0.4 is 14.2 Å². The van der Waals surface area contributed by atoms with Crippen LogP contribution in [0.25, 0.3) is 0 Å². The summed E-state index contributed by atoms with van der Waals surface area (Å²) in [5.74, 6) is 3.39. The first-order valence-electron chi connectivity index (χ1n) is 6.61. The summed E-state index contributed by atoms with van der Waals surface area (Å²) in [6.45, 7) is 1.23. The summed E-state index contributed by atoms with van der Waals surface area (Å²) in [4.78, 5) is 1.15. The van der Waals surface area contributed by atoms with Gasteiger partial charge >= 0.3 is 0 Å². The van der Waals surface area contributed by atoms with E-state index in [-0.39, 0.29) is 0 Å². The minimum Gasteiger partial charge on any atom is -0.496 e. The molecule has 3 nitrogen and oxygen atoms in total. The highest BCUT2D eigenvalue weighted by atomic mass is 79.9. The SMILES string of the molecule is COc1ccc(Br)cc1CSc1ccc2c(c1)OCCO2. The Morgan fingerprint density at radius 2 is 1.90 bits per heavy atom. The smallest absolute Gasteiger partial charge is 0.162 e. The van der Waals surface area contributed by atoms with E-state index >= 15 is 0 Å². The summed E-state index contributed by atoms with van der Waals surface area (Å²) in [6.07, 6.45) is 0. The molecule has 21 heavy (non-hydrogen) atoms. The Bertz CT molecular complexity index is 645. The van der Waals surface area contributed by atoms with Crippen molar-refractivity contribution in [1.29, 1.82) is 0 Å². The molecule has 0 atom stereocenters. The zero-order valence-corrected chi connectivity index (χ0v) is 14.0. The van der Waals surface area contributed by atoms with Crippen LogP contribution >= 0.6 is 27.7 Å². The van der Waals surface area contributed by atoms with E-state index in [0.29, 0.717) is 13.2 Å². The average Bonchev–Trinajstić information content (AvgIpc) is 2.53. The molecule has 2 aromatic carbocycles. The van der Waals surface area contributed by atoms with Crippen LogP contribution in [-0.4, -0.2) is 20.3 Å². The molecule has 1 heterocycles. The molecule has 1 aliphatic rings. The summed E-state index contributed by atoms with van der Waals surface area (Å²) in [6, 6.07) is 12.1. The third-order valence-electron chi connectivity index (χ3n) is 3.15. The molecule has 0 spiro atoms. The van der Waals surface area contributed by atoms with Crippen molar-refractivity contribution in [3.8, 4) is 17.2 Å². The molecule has 0 N–H and O–H groups in total. The molecule has 0 saturated heterocycles. The van der Waals surface area contributed by atoms with Crippen LogP contribution in [0, 0.1) is 0 Å². The Morgan fingerprint density at radius 1 is 1.10 bits per heavy atom. The fourth-order valence-corrected chi connectivity index (χ4v) is 3.45. The normalized spacial score (nSPS) is 13.0. The fraction of sp³-hybridized carbons (Fsp3) is 0.250. The van der Waals surface area contributed by atoms with E-state index in [1.165, 1.54) is 0 Å². The van der Waals surface area contributed by atoms with Gasteiger partial charge in [-0.25, -0.2) is 0 Å². The highest BCUT2D eigenvalue weighted by Gasteiger charge is 2.12. The zero-order chi connectivity index (χ0) is 14.7. The summed E-state index contributed by atoms with van der Waals surface area (Å²) in [5, 5.41) is 0. The van der Waals surface area contributed by atoms with Gasteiger partial charge in [-0.2, -0.15) is 0 Å². The van der Waals surface area contributed by atoms with E-state index in [2.05, 4.69) is 28.1 Å². The van der Waals surface area contributed by atoms with Gasteiger partial charge in [-0.3, -0.25) is 0 Å². The fourth-order valence-electron chi connectivity index (χ4n) is 2.13. The first-order chi connectivity index (χ1) is 10.3. The number of halogens is 1. The van der Waals surface area contributed by atoms with Crippen LogP contribution in [0.3, 0.4) is 0 Å². The predicted molar refractivity (Wildman–Crippen MR) is 87.7 cm³/mol. The maximum Gasteiger partial charge on any atom is 0.162 e. The number of rotatable bonds is 4. The van der Waals surface area contributed by atoms with Gasteiger partial charge in [0, 0.05) is 20.7 Å². The minimum atomic E-state index is 0.612. The molecule has 3 rings (SSSR count). The van der Waals surface area contributed by atoms with Gasteiger partial charge in [0.2, 0.25) is 0 Å². The van der Waals surface area contributed by atoms with Gasteiger partial charge in [0.1, 0.15) is 19.0 Å². The third-order valence-corrected chi connectivity index (χ3v) is 4.69. The lowest BCUT2D eigenvalue weighted by molar-refractivity contribution is 0.171. The number of thioether (sulfide) groups is 1. The van der Waals surface area contributed by atoms with Crippen LogP contribution in [0.1, 0.15) is 5.56 Å². The lowest BCUT2D eigenvalue weighted by atomic mass is 10.2. The lowest BCUT2D eigenvalue weighted by Crippen LogP contribution is -2.15. The van der Waals surface area contributed by atoms with Crippen LogP contribution in [0.15, 0.2) is 45.8 Å². The summed E-state index contributed by atoms with van der Waals surface area (Å²) in [5.41, 5.74) is 1.16. The van der Waals surface area contributed by atoms with Crippen molar-refractivity contribution in [2.45, 2.75) is 10.6 Å². The van der Waals surface area contributed by atoms with Crippen LogP contribution in [-0.2, 0) is 5.75 Å². The maximum absolute atomic E-state index is 5.61. The standard InChI is InChI=1S/C16H15BrO3S/c1-18-14-4-2-12(17)8-11(14)10-21-13-3-5-15-16(9-13)20-7-6-19-15/h2-5,8-9H,6-7,10H2,1H3. The number of hydrogen-bond acceptors (Lipinski definition) is 4. The van der Waals surface area contributed by atoms with Gasteiger partial charge in [-0.1, -0.05) is 15.9 Å². The van der Waals surface area contributed by atoms with Crippen molar-refractivity contribution >= 4 is 27.7 Å². The quantitative estimate of drug-likeness (QED) is 0.743. The zero-order valence-electron chi connectivity index (χ0n) is 11.6. The molecule has 2 aromatic rings. The van der Waals surface area contributed by atoms with E-state index < -0.39 is 0 Å². The molecule has 0 saturated carbocycles. The Labute approximate surface area is 136 Å². The summed E-state index contributed by atoms with van der Waals surface area (Å²) < 4.78 is 17.6. The second kappa shape index (κ2) is 6.62.